The fraction of sp³-hybridized carbons (Fsp3) is 0.500. The van der Waals surface area contributed by atoms with Crippen LogP contribution in [-0.4, -0.2) is 75.6 Å². The van der Waals surface area contributed by atoms with Crippen LogP contribution in [0.2, 0.25) is 0 Å². The number of ether oxygens (including phenoxy) is 1. The third kappa shape index (κ3) is 4.60. The number of fused-ring (bicyclic) bond motifs is 1. The van der Waals surface area contributed by atoms with Crippen molar-refractivity contribution in [3.8, 4) is 17.0 Å². The molecule has 1 saturated carbocycles. The number of nitrogens with zero attached hydrogens (tertiary/aromatic N) is 4. The van der Waals surface area contributed by atoms with Crippen LogP contribution in [0.25, 0.3) is 11.1 Å². The van der Waals surface area contributed by atoms with Crippen LogP contribution in [0.5, 0.6) is 5.88 Å². The summed E-state index contributed by atoms with van der Waals surface area (Å²) in [4.78, 5) is 38.0. The highest BCUT2D eigenvalue weighted by Crippen LogP contribution is 2.32. The van der Waals surface area contributed by atoms with Gasteiger partial charge in [0, 0.05) is 55.1 Å². The van der Waals surface area contributed by atoms with E-state index in [1.807, 2.05) is 26.0 Å². The fourth-order valence-electron chi connectivity index (χ4n) is 4.01. The average Bonchev–Trinajstić information content (AvgIpc) is 3.66. The summed E-state index contributed by atoms with van der Waals surface area (Å²) in [5.74, 6) is 0.230. The van der Waals surface area contributed by atoms with E-state index in [1.165, 1.54) is 0 Å². The summed E-state index contributed by atoms with van der Waals surface area (Å²) in [6, 6.07) is 5.14. The molecule has 170 valence electrons. The first kappa shape index (κ1) is 22.2. The highest BCUT2D eigenvalue weighted by atomic mass is 16.5. The highest BCUT2D eigenvalue weighted by Gasteiger charge is 2.37. The molecule has 2 aromatic rings. The Morgan fingerprint density at radius 2 is 2.12 bits per heavy atom. The molecule has 1 N–H and O–H groups in total. The summed E-state index contributed by atoms with van der Waals surface area (Å²) < 4.78 is 6.26. The number of amides is 2. The minimum atomic E-state index is -0.357. The van der Waals surface area contributed by atoms with Gasteiger partial charge >= 0.3 is 0 Å². The Kier molecular flexibility index (Phi) is 6.41. The molecule has 4 rings (SSSR count). The van der Waals surface area contributed by atoms with Crippen molar-refractivity contribution in [2.45, 2.75) is 38.8 Å². The Morgan fingerprint density at radius 3 is 2.78 bits per heavy atom. The van der Waals surface area contributed by atoms with E-state index in [0.29, 0.717) is 18.7 Å². The molecule has 1 aliphatic carbocycles. The van der Waals surface area contributed by atoms with Gasteiger partial charge in [0.2, 0.25) is 11.8 Å². The van der Waals surface area contributed by atoms with E-state index >= 15 is 0 Å². The van der Waals surface area contributed by atoms with Crippen LogP contribution in [0, 0.1) is 11.8 Å². The Bertz CT molecular complexity index is 979. The summed E-state index contributed by atoms with van der Waals surface area (Å²) in [7, 11) is 1.80. The maximum Gasteiger partial charge on any atom is 0.259 e. The number of rotatable bonds is 6. The predicted molar refractivity (Wildman–Crippen MR) is 119 cm³/mol. The van der Waals surface area contributed by atoms with E-state index in [4.69, 9.17) is 4.74 Å². The number of carbonyl (C=O) groups is 2. The Labute approximate surface area is 188 Å². The molecule has 0 saturated heterocycles. The normalized spacial score (nSPS) is 21.8. The number of carbonyl (C=O) groups excluding carboxylic acids is 2. The zero-order valence-electron chi connectivity index (χ0n) is 18.8. The first-order valence-corrected chi connectivity index (χ1v) is 11.1. The number of aliphatic hydroxyl groups is 1. The fourth-order valence-corrected chi connectivity index (χ4v) is 4.01. The van der Waals surface area contributed by atoms with Crippen molar-refractivity contribution < 1.29 is 19.4 Å². The number of aliphatic hydroxyl groups excluding tert-OH is 1. The van der Waals surface area contributed by atoms with Gasteiger partial charge in [-0.1, -0.05) is 13.0 Å². The van der Waals surface area contributed by atoms with Crippen molar-refractivity contribution in [2.24, 2.45) is 11.8 Å². The second-order valence-electron chi connectivity index (χ2n) is 8.93. The van der Waals surface area contributed by atoms with Crippen LogP contribution < -0.4 is 4.74 Å². The maximum atomic E-state index is 13.5. The smallest absolute Gasteiger partial charge is 0.259 e. The number of hydrogen-bond donors (Lipinski definition) is 1. The van der Waals surface area contributed by atoms with Crippen molar-refractivity contribution >= 4 is 11.8 Å². The van der Waals surface area contributed by atoms with Crippen LogP contribution in [0.3, 0.4) is 0 Å². The maximum absolute atomic E-state index is 13.5. The second-order valence-corrected chi connectivity index (χ2v) is 8.93. The van der Waals surface area contributed by atoms with E-state index in [-0.39, 0.29) is 48.3 Å². The molecule has 2 aliphatic rings. The summed E-state index contributed by atoms with van der Waals surface area (Å²) in [6.45, 7) is 4.50. The van der Waals surface area contributed by atoms with Gasteiger partial charge in [0.15, 0.2) is 0 Å². The largest absolute Gasteiger partial charge is 0.472 e. The van der Waals surface area contributed by atoms with Gasteiger partial charge in [-0.3, -0.25) is 14.6 Å². The molecule has 3 atom stereocenters. The number of aromatic nitrogens is 2. The third-order valence-corrected chi connectivity index (χ3v) is 6.27. The van der Waals surface area contributed by atoms with Gasteiger partial charge in [-0.25, -0.2) is 4.98 Å². The average molecular weight is 439 g/mol. The number of hydrogen-bond acceptors (Lipinski definition) is 6. The Morgan fingerprint density at radius 1 is 1.34 bits per heavy atom. The van der Waals surface area contributed by atoms with Gasteiger partial charge in [0.25, 0.3) is 5.91 Å². The molecule has 0 spiro atoms. The van der Waals surface area contributed by atoms with Gasteiger partial charge in [-0.2, -0.15) is 0 Å². The van der Waals surface area contributed by atoms with E-state index in [0.717, 1.165) is 24.0 Å². The molecular formula is C24H30N4O4. The van der Waals surface area contributed by atoms with Crippen LogP contribution in [0.15, 0.2) is 36.8 Å². The van der Waals surface area contributed by atoms with Crippen molar-refractivity contribution in [3.63, 3.8) is 0 Å². The quantitative estimate of drug-likeness (QED) is 0.743. The van der Waals surface area contributed by atoms with Gasteiger partial charge < -0.3 is 19.6 Å². The molecule has 8 nitrogen and oxygen atoms in total. The molecule has 3 heterocycles. The summed E-state index contributed by atoms with van der Waals surface area (Å²) in [6.07, 6.45) is 6.64. The van der Waals surface area contributed by atoms with Gasteiger partial charge in [0.05, 0.1) is 19.2 Å². The van der Waals surface area contributed by atoms with Gasteiger partial charge in [0.1, 0.15) is 11.7 Å². The van der Waals surface area contributed by atoms with Crippen molar-refractivity contribution in [3.05, 3.63) is 42.4 Å². The van der Waals surface area contributed by atoms with E-state index in [1.54, 1.807) is 41.5 Å². The SMILES string of the molecule is C[C@H]1CN([C@@H](C)CO)C(=O)c2cc(-c3cccnc3)cnc2O[C@H]1CN(C)C(=O)C1CC1. The van der Waals surface area contributed by atoms with E-state index in [2.05, 4.69) is 9.97 Å². The molecule has 2 amide bonds. The molecule has 0 unspecified atom stereocenters. The zero-order chi connectivity index (χ0) is 22.8. The Balaban J connectivity index is 1.69. The van der Waals surface area contributed by atoms with Crippen LogP contribution in [0.1, 0.15) is 37.0 Å². The minimum absolute atomic E-state index is 0.0599. The van der Waals surface area contributed by atoms with Crippen molar-refractivity contribution in [1.29, 1.82) is 0 Å². The van der Waals surface area contributed by atoms with Gasteiger partial charge in [-0.15, -0.1) is 0 Å². The minimum Gasteiger partial charge on any atom is -0.472 e. The lowest BCUT2D eigenvalue weighted by Gasteiger charge is -2.37. The third-order valence-electron chi connectivity index (χ3n) is 6.27. The van der Waals surface area contributed by atoms with Crippen molar-refractivity contribution in [1.82, 2.24) is 19.8 Å². The molecule has 8 heteroatoms. The van der Waals surface area contributed by atoms with Crippen LogP contribution in [-0.2, 0) is 4.79 Å². The molecular weight excluding hydrogens is 408 g/mol. The lowest BCUT2D eigenvalue weighted by molar-refractivity contribution is -0.132. The standard InChI is InChI=1S/C24H30N4O4/c1-15-12-28(16(2)14-29)24(31)20-9-19(18-5-4-8-25-10-18)11-26-22(20)32-21(15)13-27(3)23(30)17-6-7-17/h4-5,8-11,15-17,21,29H,6-7,12-14H2,1-3H3/t15-,16-,21-/m0/s1. The highest BCUT2D eigenvalue weighted by molar-refractivity contribution is 5.98. The summed E-state index contributed by atoms with van der Waals surface area (Å²) in [5, 5.41) is 9.78. The zero-order valence-corrected chi connectivity index (χ0v) is 18.8. The monoisotopic (exact) mass is 438 g/mol. The molecule has 2 aromatic heterocycles. The van der Waals surface area contributed by atoms with E-state index in [9.17, 15) is 14.7 Å². The molecule has 0 bridgehead atoms. The van der Waals surface area contributed by atoms with Gasteiger partial charge in [-0.05, 0) is 31.9 Å². The predicted octanol–water partition coefficient (Wildman–Crippen LogP) is 2.23. The molecule has 1 fully saturated rings. The number of pyridine rings is 2. The molecule has 0 radical (unpaired) electrons. The lowest BCUT2D eigenvalue weighted by Crippen LogP contribution is -2.50. The first-order valence-electron chi connectivity index (χ1n) is 11.1. The summed E-state index contributed by atoms with van der Waals surface area (Å²) in [5.41, 5.74) is 1.95. The molecule has 0 aromatic carbocycles. The van der Waals surface area contributed by atoms with Crippen LogP contribution in [0.4, 0.5) is 0 Å². The molecule has 1 aliphatic heterocycles. The van der Waals surface area contributed by atoms with Crippen LogP contribution >= 0.6 is 0 Å². The second kappa shape index (κ2) is 9.24. The summed E-state index contributed by atoms with van der Waals surface area (Å²) >= 11 is 0. The van der Waals surface area contributed by atoms with Crippen molar-refractivity contribution in [2.75, 3.05) is 26.7 Å². The molecule has 32 heavy (non-hydrogen) atoms. The lowest BCUT2D eigenvalue weighted by atomic mass is 9.99. The number of likely N-dealkylation sites (N-methyl/N-ethyl adjacent to an activating group) is 1. The van der Waals surface area contributed by atoms with E-state index < -0.39 is 0 Å². The Hall–Kier alpha value is -3.00. The topological polar surface area (TPSA) is 95.9 Å². The first-order chi connectivity index (χ1) is 15.4.